The molecule has 21 heavy (non-hydrogen) atoms. The third-order valence-corrected chi connectivity index (χ3v) is 4.11. The van der Waals surface area contributed by atoms with Crippen LogP contribution >= 0.6 is 11.3 Å². The average molecular weight is 307 g/mol. The first-order valence-electron chi connectivity index (χ1n) is 7.13. The summed E-state index contributed by atoms with van der Waals surface area (Å²) in [4.78, 5) is 5.46. The number of hydrogen-bond donors (Lipinski definition) is 1. The number of aliphatic hydroxyl groups excluding tert-OH is 1. The molecule has 1 aromatic carbocycles. The molecular formula is C16H21NO3S. The molecule has 0 atom stereocenters. The highest BCUT2D eigenvalue weighted by Crippen LogP contribution is 2.25. The van der Waals surface area contributed by atoms with Gasteiger partial charge in [0.15, 0.2) is 0 Å². The van der Waals surface area contributed by atoms with Crippen molar-refractivity contribution in [2.75, 3.05) is 13.2 Å². The maximum Gasteiger partial charge on any atom is 0.128 e. The standard InChI is InChI=1S/C16H21NO3S/c1-3-7-19-14-5-4-13(10-18)15(9-14)20-8-6-16-12(2)17-11-21-16/h4-5,9,11,18H,3,6-8,10H2,1-2H3. The fraction of sp³-hybridized carbons (Fsp3) is 0.438. The zero-order valence-electron chi connectivity index (χ0n) is 12.5. The molecule has 5 heteroatoms. The van der Waals surface area contributed by atoms with E-state index in [4.69, 9.17) is 9.47 Å². The van der Waals surface area contributed by atoms with Crippen LogP contribution in [0.1, 0.15) is 29.5 Å². The first kappa shape index (κ1) is 15.8. The fourth-order valence-electron chi connectivity index (χ4n) is 1.93. The normalized spacial score (nSPS) is 10.6. The van der Waals surface area contributed by atoms with Crippen LogP contribution in [0.4, 0.5) is 0 Å². The largest absolute Gasteiger partial charge is 0.493 e. The van der Waals surface area contributed by atoms with Gasteiger partial charge in [0.05, 0.1) is 31.0 Å². The van der Waals surface area contributed by atoms with Gasteiger partial charge in [-0.15, -0.1) is 11.3 Å². The van der Waals surface area contributed by atoms with Crippen molar-refractivity contribution in [3.8, 4) is 11.5 Å². The van der Waals surface area contributed by atoms with E-state index in [0.29, 0.717) is 19.0 Å². The number of aliphatic hydroxyl groups is 1. The molecule has 4 nitrogen and oxygen atoms in total. The lowest BCUT2D eigenvalue weighted by atomic mass is 10.2. The Balaban J connectivity index is 1.98. The van der Waals surface area contributed by atoms with E-state index in [-0.39, 0.29) is 6.61 Å². The van der Waals surface area contributed by atoms with E-state index in [0.717, 1.165) is 29.8 Å². The van der Waals surface area contributed by atoms with Crippen LogP contribution in [-0.2, 0) is 13.0 Å². The molecule has 0 amide bonds. The number of ether oxygens (including phenoxy) is 2. The van der Waals surface area contributed by atoms with Gasteiger partial charge in [0.2, 0.25) is 0 Å². The molecule has 1 heterocycles. The molecule has 114 valence electrons. The molecule has 0 aliphatic heterocycles. The first-order chi connectivity index (χ1) is 10.2. The molecule has 0 fully saturated rings. The Morgan fingerprint density at radius 2 is 2.10 bits per heavy atom. The summed E-state index contributed by atoms with van der Waals surface area (Å²) in [6, 6.07) is 5.56. The Hall–Kier alpha value is -1.59. The van der Waals surface area contributed by atoms with Crippen LogP contribution in [0, 0.1) is 6.92 Å². The minimum absolute atomic E-state index is 0.0387. The minimum atomic E-state index is -0.0387. The topological polar surface area (TPSA) is 51.6 Å². The Kier molecular flexibility index (Phi) is 6.02. The molecule has 0 aliphatic carbocycles. The first-order valence-corrected chi connectivity index (χ1v) is 8.01. The molecule has 0 bridgehead atoms. The van der Waals surface area contributed by atoms with Crippen molar-refractivity contribution in [1.29, 1.82) is 0 Å². The number of hydrogen-bond acceptors (Lipinski definition) is 5. The number of aryl methyl sites for hydroxylation is 1. The van der Waals surface area contributed by atoms with Crippen LogP contribution < -0.4 is 9.47 Å². The lowest BCUT2D eigenvalue weighted by Gasteiger charge is -2.12. The molecule has 0 aliphatic rings. The van der Waals surface area contributed by atoms with Gasteiger partial charge in [0.25, 0.3) is 0 Å². The summed E-state index contributed by atoms with van der Waals surface area (Å²) in [6.07, 6.45) is 1.78. The van der Waals surface area contributed by atoms with Gasteiger partial charge < -0.3 is 14.6 Å². The van der Waals surface area contributed by atoms with E-state index in [1.54, 1.807) is 11.3 Å². The van der Waals surface area contributed by atoms with Gasteiger partial charge in [-0.1, -0.05) is 6.92 Å². The van der Waals surface area contributed by atoms with Crippen molar-refractivity contribution < 1.29 is 14.6 Å². The maximum atomic E-state index is 9.38. The van der Waals surface area contributed by atoms with E-state index in [1.165, 1.54) is 4.88 Å². The van der Waals surface area contributed by atoms with Gasteiger partial charge in [0, 0.05) is 22.9 Å². The zero-order valence-corrected chi connectivity index (χ0v) is 13.3. The summed E-state index contributed by atoms with van der Waals surface area (Å²) < 4.78 is 11.4. The van der Waals surface area contributed by atoms with E-state index in [9.17, 15) is 5.11 Å². The second-order valence-corrected chi connectivity index (χ2v) is 5.67. The summed E-state index contributed by atoms with van der Waals surface area (Å²) in [5.41, 5.74) is 3.69. The van der Waals surface area contributed by atoms with Gasteiger partial charge in [-0.25, -0.2) is 4.98 Å². The summed E-state index contributed by atoms with van der Waals surface area (Å²) in [7, 11) is 0. The third kappa shape index (κ3) is 4.44. The molecule has 1 aromatic heterocycles. The second kappa shape index (κ2) is 8.00. The van der Waals surface area contributed by atoms with Crippen LogP contribution in [0.5, 0.6) is 11.5 Å². The number of benzene rings is 1. The van der Waals surface area contributed by atoms with Crippen molar-refractivity contribution in [1.82, 2.24) is 4.98 Å². The highest BCUT2D eigenvalue weighted by Gasteiger charge is 2.07. The Bertz CT molecular complexity index is 568. The van der Waals surface area contributed by atoms with Crippen LogP contribution in [0.15, 0.2) is 23.7 Å². The number of rotatable bonds is 8. The Morgan fingerprint density at radius 1 is 1.24 bits per heavy atom. The SMILES string of the molecule is CCCOc1ccc(CO)c(OCCc2scnc2C)c1. The van der Waals surface area contributed by atoms with Crippen molar-refractivity contribution in [2.24, 2.45) is 0 Å². The molecular weight excluding hydrogens is 286 g/mol. The summed E-state index contributed by atoms with van der Waals surface area (Å²) in [6.45, 7) is 5.27. The molecule has 0 spiro atoms. The summed E-state index contributed by atoms with van der Waals surface area (Å²) in [5, 5.41) is 9.38. The molecule has 2 aromatic rings. The predicted molar refractivity (Wildman–Crippen MR) is 84.2 cm³/mol. The molecule has 0 unspecified atom stereocenters. The minimum Gasteiger partial charge on any atom is -0.493 e. The lowest BCUT2D eigenvalue weighted by Crippen LogP contribution is -2.04. The van der Waals surface area contributed by atoms with Gasteiger partial charge in [-0.2, -0.15) is 0 Å². The number of nitrogens with zero attached hydrogens (tertiary/aromatic N) is 1. The molecule has 1 N–H and O–H groups in total. The van der Waals surface area contributed by atoms with Crippen LogP contribution in [-0.4, -0.2) is 23.3 Å². The number of aromatic nitrogens is 1. The Morgan fingerprint density at radius 3 is 2.76 bits per heavy atom. The molecule has 2 rings (SSSR count). The van der Waals surface area contributed by atoms with Gasteiger partial charge in [0.1, 0.15) is 11.5 Å². The van der Waals surface area contributed by atoms with Crippen molar-refractivity contribution in [3.63, 3.8) is 0 Å². The molecule has 0 saturated carbocycles. The lowest BCUT2D eigenvalue weighted by molar-refractivity contribution is 0.261. The summed E-state index contributed by atoms with van der Waals surface area (Å²) in [5.74, 6) is 1.46. The smallest absolute Gasteiger partial charge is 0.128 e. The van der Waals surface area contributed by atoms with Crippen LogP contribution in [0.25, 0.3) is 0 Å². The van der Waals surface area contributed by atoms with Gasteiger partial charge in [-0.3, -0.25) is 0 Å². The quantitative estimate of drug-likeness (QED) is 0.812. The Labute approximate surface area is 129 Å². The fourth-order valence-corrected chi connectivity index (χ4v) is 2.69. The van der Waals surface area contributed by atoms with E-state index in [2.05, 4.69) is 11.9 Å². The van der Waals surface area contributed by atoms with Crippen LogP contribution in [0.2, 0.25) is 0 Å². The second-order valence-electron chi connectivity index (χ2n) is 4.74. The van der Waals surface area contributed by atoms with E-state index >= 15 is 0 Å². The van der Waals surface area contributed by atoms with Crippen molar-refractivity contribution in [3.05, 3.63) is 39.8 Å². The molecule has 0 radical (unpaired) electrons. The van der Waals surface area contributed by atoms with E-state index < -0.39 is 0 Å². The molecule has 0 saturated heterocycles. The predicted octanol–water partition coefficient (Wildman–Crippen LogP) is 3.35. The van der Waals surface area contributed by atoms with Gasteiger partial charge >= 0.3 is 0 Å². The zero-order chi connectivity index (χ0) is 15.1. The highest BCUT2D eigenvalue weighted by atomic mass is 32.1. The van der Waals surface area contributed by atoms with E-state index in [1.807, 2.05) is 30.6 Å². The maximum absolute atomic E-state index is 9.38. The van der Waals surface area contributed by atoms with Crippen molar-refractivity contribution in [2.45, 2.75) is 33.3 Å². The number of thiazole rings is 1. The van der Waals surface area contributed by atoms with Crippen LogP contribution in [0.3, 0.4) is 0 Å². The van der Waals surface area contributed by atoms with Crippen molar-refractivity contribution >= 4 is 11.3 Å². The monoisotopic (exact) mass is 307 g/mol. The third-order valence-electron chi connectivity index (χ3n) is 3.11. The highest BCUT2D eigenvalue weighted by molar-refractivity contribution is 7.09. The van der Waals surface area contributed by atoms with Gasteiger partial charge in [-0.05, 0) is 25.5 Å². The average Bonchev–Trinajstić information content (AvgIpc) is 2.91. The summed E-state index contributed by atoms with van der Waals surface area (Å²) >= 11 is 1.64.